The van der Waals surface area contributed by atoms with Gasteiger partial charge < -0.3 is 5.32 Å². The number of amides is 3. The summed E-state index contributed by atoms with van der Waals surface area (Å²) in [5.74, 6) is -0.581. The van der Waals surface area contributed by atoms with E-state index in [1.807, 2.05) is 0 Å². The van der Waals surface area contributed by atoms with E-state index in [1.165, 1.54) is 4.90 Å². The Morgan fingerprint density at radius 2 is 1.84 bits per heavy atom. The lowest BCUT2D eigenvalue weighted by atomic mass is 9.85. The molecule has 1 aliphatic heterocycles. The van der Waals surface area contributed by atoms with E-state index in [4.69, 9.17) is 11.6 Å². The summed E-state index contributed by atoms with van der Waals surface area (Å²) in [6, 6.07) is 5.16. The maximum absolute atomic E-state index is 12.6. The van der Waals surface area contributed by atoms with Crippen LogP contribution in [0.15, 0.2) is 34.8 Å². The Kier molecular flexibility index (Phi) is 4.20. The number of halogens is 2. The SMILES string of the molecule is O=C(CCN1C(=O)[C@@H]2[C@@H](C1=O)[C@H]1C=C[C@H]2C1)Nc1ccc(Br)cc1Cl. The molecule has 1 N–H and O–H groups in total. The van der Waals surface area contributed by atoms with Crippen molar-refractivity contribution in [3.05, 3.63) is 39.8 Å². The molecule has 4 atom stereocenters. The highest BCUT2D eigenvalue weighted by atomic mass is 79.9. The maximum atomic E-state index is 12.6. The van der Waals surface area contributed by atoms with E-state index in [9.17, 15) is 14.4 Å². The molecule has 2 aliphatic carbocycles. The van der Waals surface area contributed by atoms with E-state index in [-0.39, 0.29) is 54.4 Å². The van der Waals surface area contributed by atoms with Gasteiger partial charge in [0.05, 0.1) is 22.5 Å². The molecule has 5 nitrogen and oxygen atoms in total. The largest absolute Gasteiger partial charge is 0.325 e. The van der Waals surface area contributed by atoms with Gasteiger partial charge in [-0.2, -0.15) is 0 Å². The van der Waals surface area contributed by atoms with Crippen LogP contribution in [0, 0.1) is 23.7 Å². The lowest BCUT2D eigenvalue weighted by Crippen LogP contribution is -2.35. The average Bonchev–Trinajstić information content (AvgIpc) is 3.23. The highest BCUT2D eigenvalue weighted by Crippen LogP contribution is 2.52. The monoisotopic (exact) mass is 422 g/mol. The molecule has 2 bridgehead atoms. The summed E-state index contributed by atoms with van der Waals surface area (Å²) in [4.78, 5) is 38.6. The van der Waals surface area contributed by atoms with Crippen LogP contribution < -0.4 is 5.32 Å². The topological polar surface area (TPSA) is 66.5 Å². The van der Waals surface area contributed by atoms with Gasteiger partial charge in [0.15, 0.2) is 0 Å². The van der Waals surface area contributed by atoms with Crippen LogP contribution in [0.1, 0.15) is 12.8 Å². The van der Waals surface area contributed by atoms with Crippen molar-refractivity contribution in [1.29, 1.82) is 0 Å². The van der Waals surface area contributed by atoms with Crippen molar-refractivity contribution in [2.45, 2.75) is 12.8 Å². The van der Waals surface area contributed by atoms with Crippen LogP contribution >= 0.6 is 27.5 Å². The number of hydrogen-bond acceptors (Lipinski definition) is 3. The van der Waals surface area contributed by atoms with Crippen molar-refractivity contribution in [3.63, 3.8) is 0 Å². The number of hydrogen-bond donors (Lipinski definition) is 1. The van der Waals surface area contributed by atoms with Gasteiger partial charge in [0.1, 0.15) is 0 Å². The van der Waals surface area contributed by atoms with E-state index in [1.54, 1.807) is 18.2 Å². The van der Waals surface area contributed by atoms with E-state index in [2.05, 4.69) is 33.4 Å². The first-order chi connectivity index (χ1) is 12.0. The molecule has 0 spiro atoms. The summed E-state index contributed by atoms with van der Waals surface area (Å²) in [6.07, 6.45) is 5.08. The molecule has 1 saturated heterocycles. The summed E-state index contributed by atoms with van der Waals surface area (Å²) < 4.78 is 0.818. The normalized spacial score (nSPS) is 29.4. The van der Waals surface area contributed by atoms with Crippen molar-refractivity contribution < 1.29 is 14.4 Å². The number of fused-ring (bicyclic) bond motifs is 5. The molecule has 1 heterocycles. The fourth-order valence-electron chi connectivity index (χ4n) is 4.20. The van der Waals surface area contributed by atoms with Crippen molar-refractivity contribution >= 4 is 50.9 Å². The second-order valence-electron chi connectivity index (χ2n) is 6.75. The zero-order valence-electron chi connectivity index (χ0n) is 13.2. The second kappa shape index (κ2) is 6.25. The number of nitrogens with one attached hydrogen (secondary N) is 1. The van der Waals surface area contributed by atoms with Gasteiger partial charge in [-0.3, -0.25) is 19.3 Å². The first kappa shape index (κ1) is 16.8. The number of imide groups is 1. The fraction of sp³-hybridized carbons (Fsp3) is 0.389. The highest BCUT2D eigenvalue weighted by Gasteiger charge is 2.58. The molecular formula is C18H16BrClN2O3. The second-order valence-corrected chi connectivity index (χ2v) is 8.07. The zero-order chi connectivity index (χ0) is 17.7. The van der Waals surface area contributed by atoms with Crippen LogP contribution in [0.25, 0.3) is 0 Å². The average molecular weight is 424 g/mol. The molecule has 25 heavy (non-hydrogen) atoms. The van der Waals surface area contributed by atoms with Gasteiger partial charge in [-0.15, -0.1) is 0 Å². The van der Waals surface area contributed by atoms with Crippen LogP contribution in [0.5, 0.6) is 0 Å². The van der Waals surface area contributed by atoms with Gasteiger partial charge in [0.2, 0.25) is 17.7 Å². The molecule has 4 rings (SSSR count). The molecule has 0 unspecified atom stereocenters. The minimum Gasteiger partial charge on any atom is -0.325 e. The van der Waals surface area contributed by atoms with E-state index < -0.39 is 0 Å². The smallest absolute Gasteiger partial charge is 0.233 e. The van der Waals surface area contributed by atoms with Crippen LogP contribution in [-0.2, 0) is 14.4 Å². The van der Waals surface area contributed by atoms with Crippen molar-refractivity contribution in [2.75, 3.05) is 11.9 Å². The molecule has 130 valence electrons. The molecule has 2 fully saturated rings. The Morgan fingerprint density at radius 3 is 2.44 bits per heavy atom. The van der Waals surface area contributed by atoms with Gasteiger partial charge in [-0.25, -0.2) is 0 Å². The zero-order valence-corrected chi connectivity index (χ0v) is 15.6. The third-order valence-corrected chi connectivity index (χ3v) is 6.14. The third-order valence-electron chi connectivity index (χ3n) is 5.33. The third kappa shape index (κ3) is 2.81. The quantitative estimate of drug-likeness (QED) is 0.597. The molecule has 0 aromatic heterocycles. The predicted octanol–water partition coefficient (Wildman–Crippen LogP) is 3.24. The van der Waals surface area contributed by atoms with Gasteiger partial charge in [-0.1, -0.05) is 39.7 Å². The Hall–Kier alpha value is -1.66. The van der Waals surface area contributed by atoms with Crippen LogP contribution in [-0.4, -0.2) is 29.2 Å². The maximum Gasteiger partial charge on any atom is 0.233 e. The number of benzene rings is 1. The number of carbonyl (C=O) groups is 3. The molecule has 1 aromatic carbocycles. The van der Waals surface area contributed by atoms with Gasteiger partial charge >= 0.3 is 0 Å². The molecule has 1 saturated carbocycles. The number of anilines is 1. The molecule has 3 amide bonds. The lowest BCUT2D eigenvalue weighted by Gasteiger charge is -2.17. The van der Waals surface area contributed by atoms with E-state index in [0.717, 1.165) is 10.9 Å². The van der Waals surface area contributed by atoms with Gasteiger partial charge in [0, 0.05) is 17.4 Å². The number of nitrogens with zero attached hydrogens (tertiary/aromatic N) is 1. The molecule has 1 aromatic rings. The Morgan fingerprint density at radius 1 is 1.20 bits per heavy atom. The molecule has 3 aliphatic rings. The van der Waals surface area contributed by atoms with Crippen molar-refractivity contribution in [1.82, 2.24) is 4.90 Å². The number of allylic oxidation sites excluding steroid dienone is 2. The molecular weight excluding hydrogens is 408 g/mol. The number of carbonyl (C=O) groups excluding carboxylic acids is 3. The standard InChI is InChI=1S/C18H16BrClN2O3/c19-11-3-4-13(12(20)8-11)21-14(23)5-6-22-17(24)15-9-1-2-10(7-9)16(15)18(22)25/h1-4,8-10,15-16H,5-7H2,(H,21,23)/t9-,10-,15-,16-/m0/s1. The summed E-state index contributed by atoms with van der Waals surface area (Å²) in [5, 5.41) is 3.14. The minimum absolute atomic E-state index is 0.0616. The number of likely N-dealkylation sites (tertiary alicyclic amines) is 1. The summed E-state index contributed by atoms with van der Waals surface area (Å²) in [5.41, 5.74) is 0.507. The first-order valence-electron chi connectivity index (χ1n) is 8.24. The van der Waals surface area contributed by atoms with Gasteiger partial charge in [0.25, 0.3) is 0 Å². The Bertz CT molecular complexity index is 780. The Balaban J connectivity index is 1.38. The lowest BCUT2D eigenvalue weighted by molar-refractivity contribution is -0.140. The summed E-state index contributed by atoms with van der Waals surface area (Å²) >= 11 is 9.39. The van der Waals surface area contributed by atoms with Crippen LogP contribution in [0.3, 0.4) is 0 Å². The molecule has 7 heteroatoms. The Labute approximate surface area is 158 Å². The van der Waals surface area contributed by atoms with Crippen LogP contribution in [0.4, 0.5) is 5.69 Å². The fourth-order valence-corrected chi connectivity index (χ4v) is 4.92. The number of rotatable bonds is 4. The summed E-state index contributed by atoms with van der Waals surface area (Å²) in [6.45, 7) is 0.115. The van der Waals surface area contributed by atoms with Gasteiger partial charge in [-0.05, 0) is 36.5 Å². The summed E-state index contributed by atoms with van der Waals surface area (Å²) in [7, 11) is 0. The van der Waals surface area contributed by atoms with Crippen molar-refractivity contribution in [3.8, 4) is 0 Å². The van der Waals surface area contributed by atoms with E-state index in [0.29, 0.717) is 10.7 Å². The van der Waals surface area contributed by atoms with Crippen molar-refractivity contribution in [2.24, 2.45) is 23.7 Å². The van der Waals surface area contributed by atoms with E-state index >= 15 is 0 Å². The minimum atomic E-state index is -0.275. The highest BCUT2D eigenvalue weighted by molar-refractivity contribution is 9.10. The van der Waals surface area contributed by atoms with Crippen LogP contribution in [0.2, 0.25) is 5.02 Å². The first-order valence-corrected chi connectivity index (χ1v) is 9.41. The predicted molar refractivity (Wildman–Crippen MR) is 96.8 cm³/mol. The molecule has 0 radical (unpaired) electrons.